The fourth-order valence-corrected chi connectivity index (χ4v) is 4.69. The summed E-state index contributed by atoms with van der Waals surface area (Å²) < 4.78 is 37.0. The van der Waals surface area contributed by atoms with E-state index in [-0.39, 0.29) is 17.8 Å². The molecule has 2 aromatic heterocycles. The number of aromatic nitrogens is 3. The number of hydrogen-bond acceptors (Lipinski definition) is 6. The number of fused-ring (bicyclic) bond motifs is 2. The minimum atomic E-state index is -2.94. The number of amides is 1. The van der Waals surface area contributed by atoms with Crippen LogP contribution in [-0.2, 0) is 11.2 Å². The fraction of sp³-hybridized carbons (Fsp3) is 0.276. The first-order valence-corrected chi connectivity index (χ1v) is 12.8. The van der Waals surface area contributed by atoms with Crippen LogP contribution in [0.4, 0.5) is 8.78 Å². The van der Waals surface area contributed by atoms with Gasteiger partial charge in [-0.05, 0) is 36.6 Å². The van der Waals surface area contributed by atoms with Crippen LogP contribution < -0.4 is 15.2 Å². The zero-order valence-electron chi connectivity index (χ0n) is 21.3. The predicted octanol–water partition coefficient (Wildman–Crippen LogP) is 4.72. The molecule has 4 heterocycles. The number of carbonyl (C=O) groups excluding carboxylic acids is 1. The number of rotatable bonds is 5. The van der Waals surface area contributed by atoms with Crippen LogP contribution in [0.2, 0.25) is 0 Å². The Hall–Kier alpha value is -4.31. The van der Waals surface area contributed by atoms with Gasteiger partial charge in [0.1, 0.15) is 11.4 Å². The highest BCUT2D eigenvalue weighted by molar-refractivity contribution is 5.87. The summed E-state index contributed by atoms with van der Waals surface area (Å²) in [6, 6.07) is 18.9. The van der Waals surface area contributed by atoms with Crippen molar-refractivity contribution in [3.05, 3.63) is 78.9 Å². The van der Waals surface area contributed by atoms with Crippen molar-refractivity contribution in [2.24, 2.45) is 5.73 Å². The van der Waals surface area contributed by atoms with Crippen LogP contribution in [0, 0.1) is 0 Å². The molecule has 8 nitrogen and oxygen atoms in total. The first kappa shape index (κ1) is 26.3. The highest BCUT2D eigenvalue weighted by atomic mass is 19.3. The van der Waals surface area contributed by atoms with Gasteiger partial charge in [-0.1, -0.05) is 49.0 Å². The third-order valence-electron chi connectivity index (χ3n) is 6.71. The first-order chi connectivity index (χ1) is 18.9. The molecule has 2 N–H and O–H groups in total. The van der Waals surface area contributed by atoms with E-state index < -0.39 is 6.61 Å². The van der Waals surface area contributed by atoms with Gasteiger partial charge in [0.25, 0.3) is 0 Å². The second-order valence-electron chi connectivity index (χ2n) is 9.28. The molecule has 0 saturated carbocycles. The summed E-state index contributed by atoms with van der Waals surface area (Å²) in [7, 11) is 0. The molecule has 10 heteroatoms. The molecule has 6 rings (SSSR count). The number of benzene rings is 2. The summed E-state index contributed by atoms with van der Waals surface area (Å²) in [5.41, 5.74) is 10.5. The van der Waals surface area contributed by atoms with E-state index >= 15 is 0 Å². The van der Waals surface area contributed by atoms with Crippen molar-refractivity contribution in [3.8, 4) is 34.1 Å². The van der Waals surface area contributed by atoms with Crippen LogP contribution in [0.15, 0.2) is 73.3 Å². The molecule has 0 atom stereocenters. The van der Waals surface area contributed by atoms with E-state index in [1.54, 1.807) is 11.0 Å². The first-order valence-electron chi connectivity index (χ1n) is 12.8. The lowest BCUT2D eigenvalue weighted by Gasteiger charge is -2.29. The molecule has 0 aliphatic carbocycles. The third-order valence-corrected chi connectivity index (χ3v) is 6.71. The fourth-order valence-electron chi connectivity index (χ4n) is 4.69. The average Bonchev–Trinajstić information content (AvgIpc) is 3.57. The summed E-state index contributed by atoms with van der Waals surface area (Å²) >= 11 is 0. The highest BCUT2D eigenvalue weighted by Crippen LogP contribution is 2.36. The quantitative estimate of drug-likeness (QED) is 0.373. The molecule has 2 aromatic carbocycles. The average molecular weight is 534 g/mol. The van der Waals surface area contributed by atoms with E-state index in [0.717, 1.165) is 49.2 Å². The largest absolute Gasteiger partial charge is 0.493 e. The monoisotopic (exact) mass is 533 g/mol. The Morgan fingerprint density at radius 3 is 2.59 bits per heavy atom. The Balaban J connectivity index is 0.000000237. The van der Waals surface area contributed by atoms with Gasteiger partial charge in [0, 0.05) is 42.7 Å². The van der Waals surface area contributed by atoms with Gasteiger partial charge in [-0.2, -0.15) is 8.78 Å². The molecule has 1 saturated heterocycles. The number of likely N-dealkylation sites (tertiary alicyclic amines) is 1. The van der Waals surface area contributed by atoms with E-state index in [1.807, 2.05) is 48.5 Å². The van der Waals surface area contributed by atoms with Gasteiger partial charge in [-0.3, -0.25) is 4.79 Å². The molecule has 2 aliphatic heterocycles. The van der Waals surface area contributed by atoms with E-state index in [0.29, 0.717) is 23.6 Å². The standard InChI is InChI=1S/C21H15F2N3O2.C8H14N2O/c22-21(23)28-18-9-8-17-24-19(15-7-6-13-10-11-27-16(13)12-15)20(26(17)25-18)14-4-2-1-3-5-14;1-2-8(11)10-5-3-7(9)4-6-10/h1-9,12,21H,10-11H2;2,7H,1,3-6,9H2. The molecule has 4 aromatic rings. The van der Waals surface area contributed by atoms with Crippen LogP contribution in [0.1, 0.15) is 18.4 Å². The number of carbonyl (C=O) groups is 1. The van der Waals surface area contributed by atoms with Crippen molar-refractivity contribution < 1.29 is 23.0 Å². The maximum Gasteiger partial charge on any atom is 0.388 e. The second-order valence-corrected chi connectivity index (χ2v) is 9.28. The summed E-state index contributed by atoms with van der Waals surface area (Å²) in [5, 5.41) is 4.23. The molecule has 0 spiro atoms. The molecular weight excluding hydrogens is 504 g/mol. The van der Waals surface area contributed by atoms with Gasteiger partial charge in [0.15, 0.2) is 5.65 Å². The van der Waals surface area contributed by atoms with Gasteiger partial charge in [-0.25, -0.2) is 9.50 Å². The number of imidazole rings is 1. The van der Waals surface area contributed by atoms with Gasteiger partial charge < -0.3 is 20.1 Å². The lowest BCUT2D eigenvalue weighted by atomic mass is 10.0. The van der Waals surface area contributed by atoms with E-state index in [4.69, 9.17) is 15.5 Å². The zero-order chi connectivity index (χ0) is 27.4. The Bertz CT molecular complexity index is 1470. The molecule has 1 fully saturated rings. The van der Waals surface area contributed by atoms with Crippen LogP contribution in [0.25, 0.3) is 28.2 Å². The lowest BCUT2D eigenvalue weighted by Crippen LogP contribution is -2.42. The van der Waals surface area contributed by atoms with Crippen LogP contribution in [-0.4, -0.2) is 57.8 Å². The molecule has 0 radical (unpaired) electrons. The van der Waals surface area contributed by atoms with Crippen molar-refractivity contribution in [1.29, 1.82) is 0 Å². The molecule has 0 unspecified atom stereocenters. The van der Waals surface area contributed by atoms with E-state index in [1.165, 1.54) is 22.2 Å². The van der Waals surface area contributed by atoms with E-state index in [9.17, 15) is 13.6 Å². The summed E-state index contributed by atoms with van der Waals surface area (Å²) in [6.07, 6.45) is 4.08. The minimum Gasteiger partial charge on any atom is -0.493 e. The highest BCUT2D eigenvalue weighted by Gasteiger charge is 2.21. The predicted molar refractivity (Wildman–Crippen MR) is 144 cm³/mol. The van der Waals surface area contributed by atoms with E-state index in [2.05, 4.69) is 16.4 Å². The summed E-state index contributed by atoms with van der Waals surface area (Å²) in [4.78, 5) is 17.5. The van der Waals surface area contributed by atoms with Crippen molar-refractivity contribution >= 4 is 11.6 Å². The summed E-state index contributed by atoms with van der Waals surface area (Å²) in [5.74, 6) is 0.709. The maximum absolute atomic E-state index is 12.6. The van der Waals surface area contributed by atoms with Crippen LogP contribution in [0.3, 0.4) is 0 Å². The lowest BCUT2D eigenvalue weighted by molar-refractivity contribution is -0.126. The normalized spacial score (nSPS) is 14.9. The third kappa shape index (κ3) is 5.91. The Kier molecular flexibility index (Phi) is 7.83. The Morgan fingerprint density at radius 2 is 1.87 bits per heavy atom. The number of halogens is 2. The van der Waals surface area contributed by atoms with Crippen molar-refractivity contribution in [3.63, 3.8) is 0 Å². The molecule has 2 aliphatic rings. The molecular formula is C29H29F2N5O3. The Morgan fingerprint density at radius 1 is 1.10 bits per heavy atom. The number of piperidine rings is 1. The zero-order valence-corrected chi connectivity index (χ0v) is 21.3. The number of nitrogens with two attached hydrogens (primary N) is 1. The van der Waals surface area contributed by atoms with Crippen LogP contribution >= 0.6 is 0 Å². The number of nitrogens with zero attached hydrogens (tertiary/aromatic N) is 4. The van der Waals surface area contributed by atoms with Gasteiger partial charge in [0.05, 0.1) is 12.3 Å². The second kappa shape index (κ2) is 11.6. The summed E-state index contributed by atoms with van der Waals surface area (Å²) in [6.45, 7) is 2.73. The topological polar surface area (TPSA) is 95.0 Å². The van der Waals surface area contributed by atoms with Crippen LogP contribution in [0.5, 0.6) is 11.6 Å². The SMILES string of the molecule is C=CC(=O)N1CCC(N)CC1.FC(F)Oc1ccc2nc(-c3ccc4c(c3)OCC4)c(-c3ccccc3)n2n1. The Labute approximate surface area is 224 Å². The van der Waals surface area contributed by atoms with Crippen molar-refractivity contribution in [2.45, 2.75) is 31.9 Å². The van der Waals surface area contributed by atoms with Gasteiger partial charge in [0.2, 0.25) is 11.8 Å². The smallest absolute Gasteiger partial charge is 0.388 e. The maximum atomic E-state index is 12.6. The van der Waals surface area contributed by atoms with Crippen molar-refractivity contribution in [1.82, 2.24) is 19.5 Å². The molecule has 39 heavy (non-hydrogen) atoms. The number of hydrogen-bond donors (Lipinski definition) is 1. The molecule has 202 valence electrons. The molecule has 1 amide bonds. The number of alkyl halides is 2. The number of ether oxygens (including phenoxy) is 2. The minimum absolute atomic E-state index is 0.0249. The molecule has 0 bridgehead atoms. The van der Waals surface area contributed by atoms with Gasteiger partial charge in [-0.15, -0.1) is 5.10 Å². The van der Waals surface area contributed by atoms with Crippen molar-refractivity contribution in [2.75, 3.05) is 19.7 Å². The van der Waals surface area contributed by atoms with Gasteiger partial charge >= 0.3 is 6.61 Å².